The first-order valence-electron chi connectivity index (χ1n) is 8.49. The highest BCUT2D eigenvalue weighted by molar-refractivity contribution is 5.14. The van der Waals surface area contributed by atoms with Crippen molar-refractivity contribution in [2.75, 3.05) is 0 Å². The van der Waals surface area contributed by atoms with Gasteiger partial charge in [0, 0.05) is 17.3 Å². The standard InChI is InChI=1S/C18H32N2/c1-5-7-9-11-13-17(12-10-8-6-2)18-14-15(3)19-16(4)20-18/h14,17H,5-13H2,1-4H3. The number of rotatable bonds is 10. The predicted octanol–water partition coefficient (Wildman–Crippen LogP) is 5.73. The predicted molar refractivity (Wildman–Crippen MR) is 87.1 cm³/mol. The Labute approximate surface area is 125 Å². The lowest BCUT2D eigenvalue weighted by Crippen LogP contribution is -2.05. The summed E-state index contributed by atoms with van der Waals surface area (Å²) < 4.78 is 0. The summed E-state index contributed by atoms with van der Waals surface area (Å²) >= 11 is 0. The van der Waals surface area contributed by atoms with E-state index in [9.17, 15) is 0 Å². The van der Waals surface area contributed by atoms with Crippen LogP contribution in [0.3, 0.4) is 0 Å². The van der Waals surface area contributed by atoms with Crippen molar-refractivity contribution in [3.63, 3.8) is 0 Å². The van der Waals surface area contributed by atoms with Crippen molar-refractivity contribution in [2.45, 2.75) is 91.4 Å². The molecule has 0 amide bonds. The lowest BCUT2D eigenvalue weighted by Gasteiger charge is -2.17. The number of hydrogen-bond donors (Lipinski definition) is 0. The molecule has 114 valence electrons. The van der Waals surface area contributed by atoms with Gasteiger partial charge in [0.25, 0.3) is 0 Å². The van der Waals surface area contributed by atoms with Gasteiger partial charge in [-0.2, -0.15) is 0 Å². The summed E-state index contributed by atoms with van der Waals surface area (Å²) in [5, 5.41) is 0. The molecule has 1 atom stereocenters. The molecule has 0 aliphatic heterocycles. The Bertz CT molecular complexity index is 353. The van der Waals surface area contributed by atoms with Gasteiger partial charge in [-0.1, -0.05) is 58.8 Å². The van der Waals surface area contributed by atoms with Crippen molar-refractivity contribution < 1.29 is 0 Å². The Balaban J connectivity index is 2.64. The zero-order valence-electron chi connectivity index (χ0n) is 13.9. The average molecular weight is 276 g/mol. The van der Waals surface area contributed by atoms with E-state index < -0.39 is 0 Å². The molecule has 0 fully saturated rings. The Morgan fingerprint density at radius 2 is 1.45 bits per heavy atom. The Hall–Kier alpha value is -0.920. The van der Waals surface area contributed by atoms with Crippen molar-refractivity contribution in [3.05, 3.63) is 23.3 Å². The summed E-state index contributed by atoms with van der Waals surface area (Å²) in [4.78, 5) is 9.11. The third-order valence-electron chi connectivity index (χ3n) is 3.97. The molecule has 1 aromatic rings. The van der Waals surface area contributed by atoms with Crippen molar-refractivity contribution >= 4 is 0 Å². The number of unbranched alkanes of at least 4 members (excludes halogenated alkanes) is 5. The summed E-state index contributed by atoms with van der Waals surface area (Å²) in [6.07, 6.45) is 11.9. The molecule has 0 radical (unpaired) electrons. The van der Waals surface area contributed by atoms with E-state index in [2.05, 4.69) is 31.8 Å². The first-order chi connectivity index (χ1) is 9.67. The highest BCUT2D eigenvalue weighted by Gasteiger charge is 2.13. The third-order valence-corrected chi connectivity index (χ3v) is 3.97. The van der Waals surface area contributed by atoms with Crippen LogP contribution in [-0.2, 0) is 0 Å². The summed E-state index contributed by atoms with van der Waals surface area (Å²) in [6.45, 7) is 8.64. The van der Waals surface area contributed by atoms with Crippen LogP contribution in [0.5, 0.6) is 0 Å². The van der Waals surface area contributed by atoms with Crippen LogP contribution in [0.2, 0.25) is 0 Å². The smallest absolute Gasteiger partial charge is 0.125 e. The molecule has 20 heavy (non-hydrogen) atoms. The topological polar surface area (TPSA) is 25.8 Å². The minimum Gasteiger partial charge on any atom is -0.239 e. The Morgan fingerprint density at radius 3 is 2.05 bits per heavy atom. The van der Waals surface area contributed by atoms with Gasteiger partial charge >= 0.3 is 0 Å². The quantitative estimate of drug-likeness (QED) is 0.510. The van der Waals surface area contributed by atoms with E-state index in [1.165, 1.54) is 63.5 Å². The number of hydrogen-bond acceptors (Lipinski definition) is 2. The fourth-order valence-corrected chi connectivity index (χ4v) is 2.85. The molecule has 0 aromatic carbocycles. The fourth-order valence-electron chi connectivity index (χ4n) is 2.85. The molecule has 1 heterocycles. The first kappa shape index (κ1) is 17.1. The molecule has 0 N–H and O–H groups in total. The van der Waals surface area contributed by atoms with Crippen molar-refractivity contribution in [2.24, 2.45) is 0 Å². The van der Waals surface area contributed by atoms with Gasteiger partial charge in [-0.25, -0.2) is 9.97 Å². The largest absolute Gasteiger partial charge is 0.239 e. The molecule has 0 aliphatic carbocycles. The number of aromatic nitrogens is 2. The fraction of sp³-hybridized carbons (Fsp3) is 0.778. The van der Waals surface area contributed by atoms with Gasteiger partial charge in [0.05, 0.1) is 0 Å². The van der Waals surface area contributed by atoms with E-state index in [1.807, 2.05) is 6.92 Å². The second-order valence-electron chi connectivity index (χ2n) is 6.02. The Kier molecular flexibility index (Phi) is 8.48. The highest BCUT2D eigenvalue weighted by Crippen LogP contribution is 2.27. The van der Waals surface area contributed by atoms with Crippen molar-refractivity contribution in [1.29, 1.82) is 0 Å². The second kappa shape index (κ2) is 9.90. The maximum Gasteiger partial charge on any atom is 0.125 e. The molecule has 2 nitrogen and oxygen atoms in total. The van der Waals surface area contributed by atoms with Crippen LogP contribution < -0.4 is 0 Å². The molecule has 1 unspecified atom stereocenters. The van der Waals surface area contributed by atoms with Crippen LogP contribution in [-0.4, -0.2) is 9.97 Å². The zero-order valence-corrected chi connectivity index (χ0v) is 13.9. The van der Waals surface area contributed by atoms with Crippen molar-refractivity contribution in [3.8, 4) is 0 Å². The van der Waals surface area contributed by atoms with E-state index in [0.717, 1.165) is 11.5 Å². The molecule has 0 bridgehead atoms. The van der Waals surface area contributed by atoms with Crippen LogP contribution in [0.4, 0.5) is 0 Å². The number of nitrogens with zero attached hydrogens (tertiary/aromatic N) is 2. The molecular formula is C18H32N2. The SMILES string of the molecule is CCCCCCC(CCCCC)c1cc(C)nc(C)n1. The summed E-state index contributed by atoms with van der Waals surface area (Å²) in [6, 6.07) is 2.20. The minimum atomic E-state index is 0.638. The molecule has 2 heteroatoms. The summed E-state index contributed by atoms with van der Waals surface area (Å²) in [5.41, 5.74) is 2.39. The molecule has 0 spiro atoms. The van der Waals surface area contributed by atoms with Gasteiger partial charge in [0.15, 0.2) is 0 Å². The van der Waals surface area contributed by atoms with E-state index in [4.69, 9.17) is 4.98 Å². The van der Waals surface area contributed by atoms with Gasteiger partial charge < -0.3 is 0 Å². The molecule has 0 saturated heterocycles. The van der Waals surface area contributed by atoms with Crippen LogP contribution in [0, 0.1) is 13.8 Å². The average Bonchev–Trinajstić information content (AvgIpc) is 2.40. The normalized spacial score (nSPS) is 12.6. The maximum absolute atomic E-state index is 4.70. The lowest BCUT2D eigenvalue weighted by molar-refractivity contribution is 0.491. The van der Waals surface area contributed by atoms with Crippen LogP contribution in [0.1, 0.15) is 94.8 Å². The molecule has 1 rings (SSSR count). The highest BCUT2D eigenvalue weighted by atomic mass is 14.9. The monoisotopic (exact) mass is 276 g/mol. The Morgan fingerprint density at radius 1 is 0.850 bits per heavy atom. The van der Waals surface area contributed by atoms with Crippen molar-refractivity contribution in [1.82, 2.24) is 9.97 Å². The lowest BCUT2D eigenvalue weighted by atomic mass is 9.91. The van der Waals surface area contributed by atoms with Gasteiger partial charge in [-0.05, 0) is 32.8 Å². The minimum absolute atomic E-state index is 0.638. The zero-order chi connectivity index (χ0) is 14.8. The van der Waals surface area contributed by atoms with Gasteiger partial charge in [0.1, 0.15) is 5.82 Å². The second-order valence-corrected chi connectivity index (χ2v) is 6.02. The molecule has 1 aromatic heterocycles. The van der Waals surface area contributed by atoms with E-state index in [0.29, 0.717) is 5.92 Å². The number of aryl methyl sites for hydroxylation is 2. The van der Waals surface area contributed by atoms with E-state index in [1.54, 1.807) is 0 Å². The molecular weight excluding hydrogens is 244 g/mol. The van der Waals surface area contributed by atoms with E-state index >= 15 is 0 Å². The maximum atomic E-state index is 4.70. The third kappa shape index (κ3) is 6.49. The van der Waals surface area contributed by atoms with Crippen LogP contribution in [0.15, 0.2) is 6.07 Å². The van der Waals surface area contributed by atoms with Crippen LogP contribution >= 0.6 is 0 Å². The summed E-state index contributed by atoms with van der Waals surface area (Å²) in [7, 11) is 0. The molecule has 0 saturated carbocycles. The van der Waals surface area contributed by atoms with E-state index in [-0.39, 0.29) is 0 Å². The van der Waals surface area contributed by atoms with Gasteiger partial charge in [-0.3, -0.25) is 0 Å². The van der Waals surface area contributed by atoms with Gasteiger partial charge in [0.2, 0.25) is 0 Å². The summed E-state index contributed by atoms with van der Waals surface area (Å²) in [5.74, 6) is 1.56. The first-order valence-corrected chi connectivity index (χ1v) is 8.49. The van der Waals surface area contributed by atoms with Gasteiger partial charge in [-0.15, -0.1) is 0 Å². The van der Waals surface area contributed by atoms with Crippen LogP contribution in [0.25, 0.3) is 0 Å². The molecule has 0 aliphatic rings.